The van der Waals surface area contributed by atoms with Gasteiger partial charge < -0.3 is 35.6 Å². The number of carbonyl (C=O) groups is 1. The molecule has 0 aliphatic heterocycles. The van der Waals surface area contributed by atoms with Gasteiger partial charge in [0.25, 0.3) is 0 Å². The van der Waals surface area contributed by atoms with E-state index in [9.17, 15) is 9.90 Å². The highest BCUT2D eigenvalue weighted by atomic mass is 35.5. The highest BCUT2D eigenvalue weighted by Gasteiger charge is 2.19. The average molecular weight is 548 g/mol. The third-order valence-corrected chi connectivity index (χ3v) is 6.12. The molecule has 2 aromatic carbocycles. The minimum Gasteiger partial charge on any atom is -0.491 e. The van der Waals surface area contributed by atoms with Crippen LogP contribution in [-0.4, -0.2) is 59.3 Å². The van der Waals surface area contributed by atoms with Gasteiger partial charge in [0.2, 0.25) is 5.91 Å². The molecule has 0 fully saturated rings. The molecule has 0 bridgehead atoms. The first kappa shape index (κ1) is 28.2. The lowest BCUT2D eigenvalue weighted by molar-refractivity contribution is -0.130. The van der Waals surface area contributed by atoms with Crippen molar-refractivity contribution in [2.45, 2.75) is 32.1 Å². The number of aliphatic hydroxyl groups is 2. The molecule has 10 nitrogen and oxygen atoms in total. The molecule has 12 heteroatoms. The quantitative estimate of drug-likeness (QED) is 0.141. The molecule has 198 valence electrons. The summed E-state index contributed by atoms with van der Waals surface area (Å²) in [7, 11) is 1.74. The van der Waals surface area contributed by atoms with Gasteiger partial charge in [-0.1, -0.05) is 17.7 Å². The van der Waals surface area contributed by atoms with Crippen molar-refractivity contribution < 1.29 is 24.5 Å². The minimum atomic E-state index is -1.29. The Hall–Kier alpha value is -3.38. The Morgan fingerprint density at radius 3 is 2.73 bits per heavy atom. The number of nitrogens with one attached hydrogen (secondary N) is 4. The van der Waals surface area contributed by atoms with Crippen LogP contribution in [0, 0.1) is 5.41 Å². The molecule has 37 heavy (non-hydrogen) atoms. The van der Waals surface area contributed by atoms with Gasteiger partial charge in [-0.05, 0) is 37.3 Å². The summed E-state index contributed by atoms with van der Waals surface area (Å²) >= 11 is 7.89. The average Bonchev–Trinajstić information content (AvgIpc) is 3.40. The third kappa shape index (κ3) is 8.05. The van der Waals surface area contributed by atoms with Crippen molar-refractivity contribution in [3.63, 3.8) is 0 Å². The molecule has 3 aromatic rings. The first-order chi connectivity index (χ1) is 17.8. The maximum absolute atomic E-state index is 12.0. The fourth-order valence-corrected chi connectivity index (χ4v) is 4.11. The summed E-state index contributed by atoms with van der Waals surface area (Å²) in [5, 5.41) is 38.4. The topological polar surface area (TPSA) is 149 Å². The van der Waals surface area contributed by atoms with E-state index in [-0.39, 0.29) is 25.5 Å². The number of benzene rings is 2. The lowest BCUT2D eigenvalue weighted by Crippen LogP contribution is -2.43. The predicted octanol–water partition coefficient (Wildman–Crippen LogP) is 3.48. The van der Waals surface area contributed by atoms with E-state index in [1.807, 2.05) is 11.4 Å². The van der Waals surface area contributed by atoms with Crippen molar-refractivity contribution in [3.8, 4) is 11.5 Å². The predicted molar refractivity (Wildman–Crippen MR) is 145 cm³/mol. The lowest BCUT2D eigenvalue weighted by atomic mass is 10.1. The molecule has 0 unspecified atom stereocenters. The van der Waals surface area contributed by atoms with E-state index >= 15 is 0 Å². The summed E-state index contributed by atoms with van der Waals surface area (Å²) in [6, 6.07) is 10.1. The van der Waals surface area contributed by atoms with E-state index in [1.54, 1.807) is 49.8 Å². The van der Waals surface area contributed by atoms with Crippen LogP contribution in [0.4, 0.5) is 11.4 Å². The van der Waals surface area contributed by atoms with Crippen LogP contribution >= 0.6 is 22.9 Å². The first-order valence-electron chi connectivity index (χ1n) is 11.5. The zero-order valence-electron chi connectivity index (χ0n) is 20.5. The van der Waals surface area contributed by atoms with Crippen molar-refractivity contribution >= 4 is 46.1 Å². The Morgan fingerprint density at radius 1 is 1.24 bits per heavy atom. The molecule has 1 aromatic heterocycles. The Morgan fingerprint density at radius 2 is 2.05 bits per heavy atom. The van der Waals surface area contributed by atoms with Gasteiger partial charge in [-0.15, -0.1) is 11.3 Å². The molecule has 0 spiro atoms. The first-order valence-corrected chi connectivity index (χ1v) is 12.8. The van der Waals surface area contributed by atoms with Crippen molar-refractivity contribution in [2.24, 2.45) is 0 Å². The van der Waals surface area contributed by atoms with E-state index in [1.165, 1.54) is 11.3 Å². The number of carbonyl (C=O) groups excluding carboxylic acids is 1. The monoisotopic (exact) mass is 547 g/mol. The summed E-state index contributed by atoms with van der Waals surface area (Å²) < 4.78 is 11.7. The summed E-state index contributed by atoms with van der Waals surface area (Å²) in [6.07, 6.45) is -1.33. The number of halogens is 1. The van der Waals surface area contributed by atoms with E-state index in [4.69, 9.17) is 31.6 Å². The second-order valence-corrected chi connectivity index (χ2v) is 9.22. The van der Waals surface area contributed by atoms with Crippen LogP contribution in [0.5, 0.6) is 11.5 Å². The van der Waals surface area contributed by atoms with Gasteiger partial charge in [-0.2, -0.15) is 0 Å². The normalized spacial score (nSPS) is 12.4. The molecule has 0 aliphatic rings. The molecule has 0 radical (unpaired) electrons. The number of ether oxygens (including phenoxy) is 2. The molecule has 0 saturated heterocycles. The van der Waals surface area contributed by atoms with Gasteiger partial charge in [0.1, 0.15) is 36.7 Å². The van der Waals surface area contributed by atoms with Crippen LogP contribution in [0.15, 0.2) is 47.3 Å². The highest BCUT2D eigenvalue weighted by Crippen LogP contribution is 2.31. The molecule has 1 amide bonds. The standard InChI is InChI=1S/C25H30ClN5O5S/c1-15(30-25(34)20(33)8-9-32)11-35-22-5-3-4-19(28-2)23(22)24(27)31-16-6-7-21(18(26)10-16)36-12-17-13-37-14-29-17/h3-7,10,13-15,20,28,32-33H,8-9,11-12H2,1-2H3,(H2,27,31)(H,30,34)/t15-,20+/m1/s1. The van der Waals surface area contributed by atoms with E-state index in [2.05, 4.69) is 20.9 Å². The van der Waals surface area contributed by atoms with Gasteiger partial charge in [-0.25, -0.2) is 4.98 Å². The number of nitrogens with zero attached hydrogens (tertiary/aromatic N) is 1. The van der Waals surface area contributed by atoms with Crippen LogP contribution in [0.2, 0.25) is 5.02 Å². The van der Waals surface area contributed by atoms with Crippen LogP contribution in [0.3, 0.4) is 0 Å². The van der Waals surface area contributed by atoms with Gasteiger partial charge in [0.05, 0.1) is 27.8 Å². The summed E-state index contributed by atoms with van der Waals surface area (Å²) in [5.41, 5.74) is 4.30. The number of aliphatic hydroxyl groups excluding tert-OH is 2. The summed E-state index contributed by atoms with van der Waals surface area (Å²) in [4.78, 5) is 16.2. The summed E-state index contributed by atoms with van der Waals surface area (Å²) in [6.45, 7) is 1.85. The number of amidine groups is 1. The van der Waals surface area contributed by atoms with Crippen molar-refractivity contribution in [2.75, 3.05) is 30.9 Å². The fourth-order valence-electron chi connectivity index (χ4n) is 3.33. The second-order valence-electron chi connectivity index (χ2n) is 8.09. The van der Waals surface area contributed by atoms with Gasteiger partial charge >= 0.3 is 0 Å². The molecule has 2 atom stereocenters. The van der Waals surface area contributed by atoms with Crippen LogP contribution in [0.1, 0.15) is 24.6 Å². The molecular weight excluding hydrogens is 518 g/mol. The minimum absolute atomic E-state index is 0.0421. The Bertz CT molecular complexity index is 1190. The number of rotatable bonds is 13. The zero-order valence-corrected chi connectivity index (χ0v) is 22.0. The maximum Gasteiger partial charge on any atom is 0.249 e. The Balaban J connectivity index is 1.67. The molecule has 0 saturated carbocycles. The SMILES string of the molecule is CNc1cccc(OC[C@@H](C)NC(=O)[C@@H](O)CCO)c1C(=N)Nc1ccc(OCc2cscn2)c(Cl)c1. The maximum atomic E-state index is 12.0. The van der Waals surface area contributed by atoms with E-state index in [0.717, 1.165) is 5.69 Å². The van der Waals surface area contributed by atoms with E-state index in [0.29, 0.717) is 40.1 Å². The smallest absolute Gasteiger partial charge is 0.249 e. The number of anilines is 2. The number of hydrogen-bond acceptors (Lipinski definition) is 9. The number of hydrogen-bond donors (Lipinski definition) is 6. The molecular formula is C25H30ClN5O5S. The third-order valence-electron chi connectivity index (χ3n) is 5.19. The van der Waals surface area contributed by atoms with Gasteiger partial charge in [0, 0.05) is 36.8 Å². The van der Waals surface area contributed by atoms with Gasteiger partial charge in [0.15, 0.2) is 0 Å². The molecule has 3 rings (SSSR count). The number of aromatic nitrogens is 1. The lowest BCUT2D eigenvalue weighted by Gasteiger charge is -2.20. The largest absolute Gasteiger partial charge is 0.491 e. The van der Waals surface area contributed by atoms with Gasteiger partial charge in [-0.3, -0.25) is 10.2 Å². The molecule has 6 N–H and O–H groups in total. The van der Waals surface area contributed by atoms with Crippen LogP contribution in [0.25, 0.3) is 0 Å². The Labute approximate surface area is 224 Å². The van der Waals surface area contributed by atoms with Crippen molar-refractivity contribution in [1.82, 2.24) is 10.3 Å². The fraction of sp³-hybridized carbons (Fsp3) is 0.320. The molecule has 1 heterocycles. The highest BCUT2D eigenvalue weighted by molar-refractivity contribution is 7.07. The number of thiazole rings is 1. The van der Waals surface area contributed by atoms with Crippen molar-refractivity contribution in [1.29, 1.82) is 5.41 Å². The van der Waals surface area contributed by atoms with E-state index < -0.39 is 18.1 Å². The zero-order chi connectivity index (χ0) is 26.8. The molecule has 0 aliphatic carbocycles. The van der Waals surface area contributed by atoms with Crippen LogP contribution in [-0.2, 0) is 11.4 Å². The number of amides is 1. The van der Waals surface area contributed by atoms with Crippen molar-refractivity contribution in [3.05, 3.63) is 63.6 Å². The second kappa shape index (κ2) is 13.8. The van der Waals surface area contributed by atoms with Crippen LogP contribution < -0.4 is 25.4 Å². The summed E-state index contributed by atoms with van der Waals surface area (Å²) in [5.74, 6) is 0.420. The Kier molecular flexibility index (Phi) is 10.5.